The minimum absolute atomic E-state index is 0.0537. The van der Waals surface area contributed by atoms with Crippen LogP contribution >= 0.6 is 23.2 Å². The van der Waals surface area contributed by atoms with Gasteiger partial charge in [-0.15, -0.1) is 0 Å². The van der Waals surface area contributed by atoms with E-state index < -0.39 is 5.82 Å². The summed E-state index contributed by atoms with van der Waals surface area (Å²) in [6.45, 7) is 0. The fraction of sp³-hybridized carbons (Fsp3) is 0. The zero-order valence-corrected chi connectivity index (χ0v) is 12.1. The Morgan fingerprint density at radius 2 is 1.71 bits per heavy atom. The smallest absolute Gasteiger partial charge is 0.178 e. The summed E-state index contributed by atoms with van der Waals surface area (Å²) in [6, 6.07) is 11.5. The molecule has 0 unspecified atom stereocenters. The van der Waals surface area contributed by atoms with Crippen LogP contribution < -0.4 is 5.73 Å². The summed E-state index contributed by atoms with van der Waals surface area (Å²) in [7, 11) is 0. The first-order valence-electron chi connectivity index (χ1n) is 6.04. The molecule has 0 aliphatic carbocycles. The Bertz CT molecular complexity index is 817. The van der Waals surface area contributed by atoms with Crippen molar-refractivity contribution >= 4 is 29.0 Å². The van der Waals surface area contributed by atoms with Gasteiger partial charge in [-0.1, -0.05) is 52.6 Å². The molecule has 0 amide bonds. The average Bonchev–Trinajstić information content (AvgIpc) is 2.84. The molecule has 2 N–H and O–H groups in total. The van der Waals surface area contributed by atoms with Crippen LogP contribution in [0.4, 0.5) is 10.2 Å². The molecule has 21 heavy (non-hydrogen) atoms. The van der Waals surface area contributed by atoms with Crippen molar-refractivity contribution in [3.63, 3.8) is 0 Å². The molecule has 1 heterocycles. The summed E-state index contributed by atoms with van der Waals surface area (Å²) in [5.74, 6) is -0.0993. The Labute approximate surface area is 130 Å². The number of anilines is 1. The monoisotopic (exact) mass is 322 g/mol. The standard InChI is InChI=1S/C15H9Cl2FN2O/c16-10-6-2-1-4-8(10)12-14(21-20-15(12)19)9-5-3-7-11(18)13(9)17/h1-7H,(H2,19,20). The molecular formula is C15H9Cl2FN2O. The molecule has 106 valence electrons. The van der Waals surface area contributed by atoms with Crippen LogP contribution in [-0.4, -0.2) is 5.16 Å². The Morgan fingerprint density at radius 1 is 1.00 bits per heavy atom. The van der Waals surface area contributed by atoms with Gasteiger partial charge in [0.1, 0.15) is 5.82 Å². The number of nitrogens with two attached hydrogens (primary N) is 1. The van der Waals surface area contributed by atoms with Crippen molar-refractivity contribution in [2.24, 2.45) is 0 Å². The van der Waals surface area contributed by atoms with Crippen molar-refractivity contribution in [3.8, 4) is 22.5 Å². The molecule has 0 aliphatic rings. The van der Waals surface area contributed by atoms with E-state index in [1.807, 2.05) is 6.07 Å². The third-order valence-corrected chi connectivity index (χ3v) is 3.77. The largest absolute Gasteiger partial charge is 0.380 e. The van der Waals surface area contributed by atoms with E-state index in [1.54, 1.807) is 24.3 Å². The van der Waals surface area contributed by atoms with Crippen LogP contribution in [0, 0.1) is 5.82 Å². The van der Waals surface area contributed by atoms with Gasteiger partial charge >= 0.3 is 0 Å². The molecule has 0 bridgehead atoms. The lowest BCUT2D eigenvalue weighted by Gasteiger charge is -2.06. The Morgan fingerprint density at radius 3 is 2.48 bits per heavy atom. The average molecular weight is 323 g/mol. The normalized spacial score (nSPS) is 10.8. The first-order chi connectivity index (χ1) is 10.1. The summed E-state index contributed by atoms with van der Waals surface area (Å²) in [6.07, 6.45) is 0. The third kappa shape index (κ3) is 2.37. The zero-order chi connectivity index (χ0) is 15.0. The van der Waals surface area contributed by atoms with Crippen molar-refractivity contribution in [2.75, 3.05) is 5.73 Å². The summed E-state index contributed by atoms with van der Waals surface area (Å²) in [5, 5.41) is 4.18. The number of rotatable bonds is 2. The molecule has 0 aliphatic heterocycles. The number of halogens is 3. The highest BCUT2D eigenvalue weighted by Gasteiger charge is 2.22. The molecule has 0 saturated heterocycles. The first-order valence-corrected chi connectivity index (χ1v) is 6.79. The summed E-state index contributed by atoms with van der Waals surface area (Å²) >= 11 is 12.2. The van der Waals surface area contributed by atoms with Crippen LogP contribution in [0.3, 0.4) is 0 Å². The molecule has 0 radical (unpaired) electrons. The Balaban J connectivity index is 2.28. The van der Waals surface area contributed by atoms with Gasteiger partial charge in [0.25, 0.3) is 0 Å². The fourth-order valence-corrected chi connectivity index (χ4v) is 2.53. The van der Waals surface area contributed by atoms with Gasteiger partial charge in [-0.3, -0.25) is 0 Å². The van der Waals surface area contributed by atoms with E-state index in [1.165, 1.54) is 12.1 Å². The van der Waals surface area contributed by atoms with Crippen LogP contribution in [0.25, 0.3) is 22.5 Å². The number of hydrogen-bond acceptors (Lipinski definition) is 3. The maximum absolute atomic E-state index is 13.6. The Kier molecular flexibility index (Phi) is 3.57. The van der Waals surface area contributed by atoms with E-state index >= 15 is 0 Å². The van der Waals surface area contributed by atoms with Crippen LogP contribution in [0.15, 0.2) is 47.0 Å². The van der Waals surface area contributed by atoms with Crippen molar-refractivity contribution in [1.82, 2.24) is 5.16 Å². The van der Waals surface area contributed by atoms with Gasteiger partial charge in [-0.05, 0) is 18.2 Å². The van der Waals surface area contributed by atoms with E-state index in [0.717, 1.165) is 0 Å². The van der Waals surface area contributed by atoms with Gasteiger partial charge in [0.05, 0.1) is 10.6 Å². The second kappa shape index (κ2) is 5.39. The van der Waals surface area contributed by atoms with E-state index in [9.17, 15) is 4.39 Å². The van der Waals surface area contributed by atoms with Crippen LogP contribution in [0.1, 0.15) is 0 Å². The summed E-state index contributed by atoms with van der Waals surface area (Å²) < 4.78 is 18.9. The van der Waals surface area contributed by atoms with Crippen LogP contribution in [0.2, 0.25) is 10.0 Å². The van der Waals surface area contributed by atoms with Gasteiger partial charge in [0.2, 0.25) is 0 Å². The second-order valence-electron chi connectivity index (χ2n) is 4.35. The summed E-state index contributed by atoms with van der Waals surface area (Å²) in [5.41, 5.74) is 7.38. The lowest BCUT2D eigenvalue weighted by molar-refractivity contribution is 0.436. The molecule has 6 heteroatoms. The van der Waals surface area contributed by atoms with Gasteiger partial charge < -0.3 is 10.3 Å². The third-order valence-electron chi connectivity index (χ3n) is 3.06. The van der Waals surface area contributed by atoms with Gasteiger partial charge in [0, 0.05) is 16.1 Å². The number of aromatic nitrogens is 1. The van der Waals surface area contributed by atoms with Crippen molar-refractivity contribution < 1.29 is 8.91 Å². The molecule has 0 saturated carbocycles. The van der Waals surface area contributed by atoms with Gasteiger partial charge in [-0.2, -0.15) is 0 Å². The molecule has 3 rings (SSSR count). The number of benzene rings is 2. The van der Waals surface area contributed by atoms with Gasteiger partial charge in [0.15, 0.2) is 11.6 Å². The lowest BCUT2D eigenvalue weighted by Crippen LogP contribution is -1.90. The number of hydrogen-bond donors (Lipinski definition) is 1. The predicted molar refractivity (Wildman–Crippen MR) is 81.8 cm³/mol. The lowest BCUT2D eigenvalue weighted by atomic mass is 10.0. The molecule has 0 atom stereocenters. The minimum atomic E-state index is -0.547. The van der Waals surface area contributed by atoms with Crippen LogP contribution in [-0.2, 0) is 0 Å². The Hall–Kier alpha value is -2.04. The van der Waals surface area contributed by atoms with Crippen LogP contribution in [0.5, 0.6) is 0 Å². The van der Waals surface area contributed by atoms with E-state index in [-0.39, 0.29) is 16.6 Å². The SMILES string of the molecule is Nc1noc(-c2cccc(F)c2Cl)c1-c1ccccc1Cl. The van der Waals surface area contributed by atoms with Crippen molar-refractivity contribution in [3.05, 3.63) is 58.3 Å². The summed E-state index contributed by atoms with van der Waals surface area (Å²) in [4.78, 5) is 0. The fourth-order valence-electron chi connectivity index (χ4n) is 2.09. The molecule has 0 spiro atoms. The predicted octanol–water partition coefficient (Wildman–Crippen LogP) is 5.04. The molecular weight excluding hydrogens is 314 g/mol. The van der Waals surface area contributed by atoms with Gasteiger partial charge in [-0.25, -0.2) is 4.39 Å². The molecule has 1 aromatic heterocycles. The van der Waals surface area contributed by atoms with E-state index in [4.69, 9.17) is 33.5 Å². The maximum Gasteiger partial charge on any atom is 0.178 e. The first kappa shape index (κ1) is 13.9. The minimum Gasteiger partial charge on any atom is -0.380 e. The van der Waals surface area contributed by atoms with Crippen molar-refractivity contribution in [1.29, 1.82) is 0 Å². The number of nitrogen functional groups attached to an aromatic ring is 1. The highest BCUT2D eigenvalue weighted by molar-refractivity contribution is 6.34. The topological polar surface area (TPSA) is 52.0 Å². The molecule has 2 aromatic carbocycles. The molecule has 3 aromatic rings. The molecule has 3 nitrogen and oxygen atoms in total. The quantitative estimate of drug-likeness (QED) is 0.719. The van der Waals surface area contributed by atoms with Crippen molar-refractivity contribution in [2.45, 2.75) is 0 Å². The maximum atomic E-state index is 13.6. The van der Waals surface area contributed by atoms with E-state index in [2.05, 4.69) is 5.16 Å². The highest BCUT2D eigenvalue weighted by Crippen LogP contribution is 2.42. The second-order valence-corrected chi connectivity index (χ2v) is 5.14. The molecule has 0 fully saturated rings. The zero-order valence-electron chi connectivity index (χ0n) is 10.6. The highest BCUT2D eigenvalue weighted by atomic mass is 35.5. The number of nitrogens with zero attached hydrogens (tertiary/aromatic N) is 1. The van der Waals surface area contributed by atoms with E-state index in [0.29, 0.717) is 21.7 Å².